The molecule has 110 valence electrons. The van der Waals surface area contributed by atoms with Crippen molar-refractivity contribution < 1.29 is 4.74 Å². The van der Waals surface area contributed by atoms with Gasteiger partial charge in [0.05, 0.1) is 5.69 Å². The molecule has 0 aliphatic heterocycles. The van der Waals surface area contributed by atoms with Crippen molar-refractivity contribution in [2.45, 2.75) is 38.8 Å². The first kappa shape index (κ1) is 14.1. The van der Waals surface area contributed by atoms with Crippen LogP contribution in [0.4, 0.5) is 0 Å². The summed E-state index contributed by atoms with van der Waals surface area (Å²) in [6.07, 6.45) is 3.63. The van der Waals surface area contributed by atoms with Gasteiger partial charge >= 0.3 is 0 Å². The fourth-order valence-corrected chi connectivity index (χ4v) is 3.00. The maximum absolute atomic E-state index is 5.92. The van der Waals surface area contributed by atoms with Crippen LogP contribution < -0.4 is 10.1 Å². The van der Waals surface area contributed by atoms with Crippen molar-refractivity contribution in [3.63, 3.8) is 0 Å². The molecule has 1 aromatic carbocycles. The minimum Gasteiger partial charge on any atom is -0.487 e. The lowest BCUT2D eigenvalue weighted by Crippen LogP contribution is -2.21. The largest absolute Gasteiger partial charge is 0.487 e. The highest BCUT2D eigenvalue weighted by atomic mass is 16.5. The van der Waals surface area contributed by atoms with E-state index in [-0.39, 0.29) is 0 Å². The molecule has 0 radical (unpaired) electrons. The summed E-state index contributed by atoms with van der Waals surface area (Å²) in [6.45, 7) is 2.52. The summed E-state index contributed by atoms with van der Waals surface area (Å²) < 4.78 is 5.92. The molecule has 1 aliphatic rings. The van der Waals surface area contributed by atoms with Gasteiger partial charge < -0.3 is 10.1 Å². The number of nitrogens with zero attached hydrogens (tertiary/aromatic N) is 1. The number of fused-ring (bicyclic) bond motifs is 1. The molecule has 0 spiro atoms. The van der Waals surface area contributed by atoms with Gasteiger partial charge in [0.15, 0.2) is 0 Å². The monoisotopic (exact) mass is 282 g/mol. The number of rotatable bonds is 4. The summed E-state index contributed by atoms with van der Waals surface area (Å²) in [5, 5.41) is 3.40. The summed E-state index contributed by atoms with van der Waals surface area (Å²) in [6, 6.07) is 12.9. The van der Waals surface area contributed by atoms with Gasteiger partial charge in [0.25, 0.3) is 0 Å². The lowest BCUT2D eigenvalue weighted by Gasteiger charge is -2.25. The van der Waals surface area contributed by atoms with Gasteiger partial charge in [-0.3, -0.25) is 4.98 Å². The molecule has 0 bridgehead atoms. The second-order valence-electron chi connectivity index (χ2n) is 5.65. The molecule has 2 aromatic rings. The van der Waals surface area contributed by atoms with Crippen LogP contribution in [0.1, 0.15) is 41.4 Å². The van der Waals surface area contributed by atoms with Crippen LogP contribution in [0.5, 0.6) is 5.75 Å². The van der Waals surface area contributed by atoms with Gasteiger partial charge in [0.2, 0.25) is 0 Å². The van der Waals surface area contributed by atoms with Gasteiger partial charge in [-0.2, -0.15) is 0 Å². The van der Waals surface area contributed by atoms with E-state index in [2.05, 4.69) is 28.5 Å². The Hall–Kier alpha value is -1.87. The number of nitrogens with one attached hydrogen (secondary N) is 1. The third-order valence-corrected chi connectivity index (χ3v) is 4.11. The molecule has 0 amide bonds. The highest BCUT2D eigenvalue weighted by Gasteiger charge is 2.19. The van der Waals surface area contributed by atoms with E-state index >= 15 is 0 Å². The number of hydrogen-bond acceptors (Lipinski definition) is 3. The quantitative estimate of drug-likeness (QED) is 0.931. The first-order chi connectivity index (χ1) is 10.3. The Balaban J connectivity index is 1.74. The van der Waals surface area contributed by atoms with Crippen molar-refractivity contribution in [2.75, 3.05) is 7.05 Å². The number of ether oxygens (including phenoxy) is 1. The van der Waals surface area contributed by atoms with Gasteiger partial charge in [0.1, 0.15) is 12.4 Å². The maximum Gasteiger partial charge on any atom is 0.130 e. The molecule has 1 heterocycles. The molecule has 1 unspecified atom stereocenters. The molecule has 3 nitrogen and oxygen atoms in total. The lowest BCUT2D eigenvalue weighted by molar-refractivity contribution is 0.300. The summed E-state index contributed by atoms with van der Waals surface area (Å²) in [5.41, 5.74) is 4.83. The van der Waals surface area contributed by atoms with E-state index in [4.69, 9.17) is 4.74 Å². The molecule has 3 rings (SSSR count). The zero-order valence-corrected chi connectivity index (χ0v) is 12.7. The van der Waals surface area contributed by atoms with E-state index in [1.54, 1.807) is 0 Å². The minimum absolute atomic E-state index is 0.453. The van der Waals surface area contributed by atoms with Crippen LogP contribution >= 0.6 is 0 Å². The highest BCUT2D eigenvalue weighted by molar-refractivity contribution is 5.39. The maximum atomic E-state index is 5.92. The molecule has 1 aliphatic carbocycles. The molecular formula is C18H22N2O. The van der Waals surface area contributed by atoms with Crippen molar-refractivity contribution in [3.05, 3.63) is 58.9 Å². The third-order valence-electron chi connectivity index (χ3n) is 4.11. The average molecular weight is 282 g/mol. The standard InChI is InChI=1S/C18H22N2O/c1-13-5-3-7-15(20-13)12-21-16-10-9-14-6-4-8-18(19-2)17(14)11-16/h3,5,7,9-11,18-19H,4,6,8,12H2,1-2H3. The smallest absolute Gasteiger partial charge is 0.130 e. The summed E-state index contributed by atoms with van der Waals surface area (Å²) in [4.78, 5) is 4.47. The molecule has 1 aromatic heterocycles. The van der Waals surface area contributed by atoms with E-state index in [1.807, 2.05) is 32.2 Å². The van der Waals surface area contributed by atoms with Crippen LogP contribution in [0, 0.1) is 6.92 Å². The van der Waals surface area contributed by atoms with E-state index in [9.17, 15) is 0 Å². The molecule has 1 N–H and O–H groups in total. The van der Waals surface area contributed by atoms with Crippen LogP contribution in [0.3, 0.4) is 0 Å². The van der Waals surface area contributed by atoms with Crippen LogP contribution in [0.25, 0.3) is 0 Å². The van der Waals surface area contributed by atoms with Gasteiger partial charge in [-0.1, -0.05) is 12.1 Å². The Bertz CT molecular complexity index is 624. The fourth-order valence-electron chi connectivity index (χ4n) is 3.00. The number of aryl methyl sites for hydroxylation is 2. The van der Waals surface area contributed by atoms with Gasteiger partial charge in [-0.25, -0.2) is 0 Å². The third kappa shape index (κ3) is 3.24. The predicted molar refractivity (Wildman–Crippen MR) is 84.5 cm³/mol. The van der Waals surface area contributed by atoms with Crippen molar-refractivity contribution in [1.82, 2.24) is 10.3 Å². The Morgan fingerprint density at radius 1 is 1.29 bits per heavy atom. The molecule has 0 saturated carbocycles. The lowest BCUT2D eigenvalue weighted by atomic mass is 9.87. The van der Waals surface area contributed by atoms with Crippen molar-refractivity contribution in [3.8, 4) is 5.75 Å². The Kier molecular flexibility index (Phi) is 4.20. The summed E-state index contributed by atoms with van der Waals surface area (Å²) in [7, 11) is 2.03. The van der Waals surface area contributed by atoms with Gasteiger partial charge in [-0.05, 0) is 68.6 Å². The van der Waals surface area contributed by atoms with Crippen molar-refractivity contribution >= 4 is 0 Å². The number of aromatic nitrogens is 1. The number of hydrogen-bond donors (Lipinski definition) is 1. The average Bonchev–Trinajstić information content (AvgIpc) is 2.52. The van der Waals surface area contributed by atoms with Crippen LogP contribution in [-0.2, 0) is 13.0 Å². The minimum atomic E-state index is 0.453. The molecule has 21 heavy (non-hydrogen) atoms. The van der Waals surface area contributed by atoms with Crippen LogP contribution in [-0.4, -0.2) is 12.0 Å². The van der Waals surface area contributed by atoms with Crippen LogP contribution in [0.2, 0.25) is 0 Å². The Labute approximate surface area is 126 Å². The zero-order chi connectivity index (χ0) is 14.7. The van der Waals surface area contributed by atoms with E-state index in [0.29, 0.717) is 12.6 Å². The molecular weight excluding hydrogens is 260 g/mol. The first-order valence-electron chi connectivity index (χ1n) is 7.61. The molecule has 3 heteroatoms. The second kappa shape index (κ2) is 6.27. The molecule has 0 saturated heterocycles. The van der Waals surface area contributed by atoms with Crippen LogP contribution in [0.15, 0.2) is 36.4 Å². The fraction of sp³-hybridized carbons (Fsp3) is 0.389. The molecule has 1 atom stereocenters. The number of benzene rings is 1. The van der Waals surface area contributed by atoms with Crippen molar-refractivity contribution in [2.24, 2.45) is 0 Å². The van der Waals surface area contributed by atoms with E-state index < -0.39 is 0 Å². The van der Waals surface area contributed by atoms with Gasteiger partial charge in [-0.15, -0.1) is 0 Å². The predicted octanol–water partition coefficient (Wildman–Crippen LogP) is 3.57. The molecule has 0 fully saturated rings. The first-order valence-corrected chi connectivity index (χ1v) is 7.61. The second-order valence-corrected chi connectivity index (χ2v) is 5.65. The topological polar surface area (TPSA) is 34.1 Å². The normalized spacial score (nSPS) is 17.3. The Morgan fingerprint density at radius 3 is 3.00 bits per heavy atom. The summed E-state index contributed by atoms with van der Waals surface area (Å²) >= 11 is 0. The highest BCUT2D eigenvalue weighted by Crippen LogP contribution is 2.32. The van der Waals surface area contributed by atoms with E-state index in [0.717, 1.165) is 17.1 Å². The van der Waals surface area contributed by atoms with Crippen molar-refractivity contribution in [1.29, 1.82) is 0 Å². The van der Waals surface area contributed by atoms with E-state index in [1.165, 1.54) is 30.4 Å². The zero-order valence-electron chi connectivity index (χ0n) is 12.7. The Morgan fingerprint density at radius 2 is 2.19 bits per heavy atom. The number of pyridine rings is 1. The van der Waals surface area contributed by atoms with Gasteiger partial charge in [0, 0.05) is 11.7 Å². The SMILES string of the molecule is CNC1CCCc2ccc(OCc3cccc(C)n3)cc21. The summed E-state index contributed by atoms with van der Waals surface area (Å²) in [5.74, 6) is 0.930.